The summed E-state index contributed by atoms with van der Waals surface area (Å²) in [5.74, 6) is 0. The number of benzene rings is 2. The normalized spacial score (nSPS) is 11.0. The Labute approximate surface area is 124 Å². The fraction of sp³-hybridized carbons (Fsp3) is 0. The van der Waals surface area contributed by atoms with Crippen molar-refractivity contribution in [3.63, 3.8) is 0 Å². The summed E-state index contributed by atoms with van der Waals surface area (Å²) in [6, 6.07) is 17.5. The molecule has 0 radical (unpaired) electrons. The molecule has 0 amide bonds. The second-order valence-corrected chi connectivity index (χ2v) is 5.28. The Bertz CT molecular complexity index is 852. The third kappa shape index (κ3) is 2.41. The standard InChI is InChI=1S/C15H10N4OS/c1-2-6-11(7-3-1)19-10-16-14(18-19)21-15-17-12-8-4-5-9-13(12)20-15/h1-10H. The van der Waals surface area contributed by atoms with E-state index in [1.165, 1.54) is 11.8 Å². The maximum absolute atomic E-state index is 5.65. The first kappa shape index (κ1) is 12.2. The lowest BCUT2D eigenvalue weighted by Gasteiger charge is -1.97. The van der Waals surface area contributed by atoms with Crippen LogP contribution in [0.1, 0.15) is 0 Å². The van der Waals surface area contributed by atoms with Gasteiger partial charge in [0.15, 0.2) is 5.58 Å². The molecule has 2 aromatic carbocycles. The average Bonchev–Trinajstić information content (AvgIpc) is 3.14. The van der Waals surface area contributed by atoms with Crippen LogP contribution in [0.4, 0.5) is 0 Å². The van der Waals surface area contributed by atoms with Crippen LogP contribution in [0.2, 0.25) is 0 Å². The van der Waals surface area contributed by atoms with Crippen LogP contribution >= 0.6 is 11.8 Å². The van der Waals surface area contributed by atoms with E-state index >= 15 is 0 Å². The lowest BCUT2D eigenvalue weighted by molar-refractivity contribution is 0.488. The molecule has 0 aliphatic carbocycles. The van der Waals surface area contributed by atoms with Crippen molar-refractivity contribution in [3.8, 4) is 5.69 Å². The third-order valence-corrected chi connectivity index (χ3v) is 3.66. The van der Waals surface area contributed by atoms with Gasteiger partial charge in [0.25, 0.3) is 5.22 Å². The van der Waals surface area contributed by atoms with Gasteiger partial charge >= 0.3 is 0 Å². The van der Waals surface area contributed by atoms with Crippen molar-refractivity contribution in [1.82, 2.24) is 19.7 Å². The molecule has 6 heteroatoms. The van der Waals surface area contributed by atoms with Gasteiger partial charge in [-0.2, -0.15) is 0 Å². The lowest BCUT2D eigenvalue weighted by atomic mass is 10.3. The molecule has 0 spiro atoms. The number of fused-ring (bicyclic) bond motifs is 1. The van der Waals surface area contributed by atoms with Gasteiger partial charge in [0.1, 0.15) is 11.8 Å². The highest BCUT2D eigenvalue weighted by Gasteiger charge is 2.10. The van der Waals surface area contributed by atoms with Crippen LogP contribution in [0, 0.1) is 0 Å². The number of aromatic nitrogens is 4. The minimum Gasteiger partial charge on any atom is -0.431 e. The summed E-state index contributed by atoms with van der Waals surface area (Å²) in [4.78, 5) is 8.67. The molecule has 0 fully saturated rings. The SMILES string of the molecule is c1ccc(-n2cnc(Sc3nc4ccccc4o3)n2)cc1. The average molecular weight is 294 g/mol. The molecule has 0 saturated carbocycles. The van der Waals surface area contributed by atoms with E-state index in [0.29, 0.717) is 10.4 Å². The molecular formula is C15H10N4OS. The summed E-state index contributed by atoms with van der Waals surface area (Å²) in [5, 5.41) is 5.56. The second-order valence-electron chi connectivity index (χ2n) is 4.36. The van der Waals surface area contributed by atoms with Crippen molar-refractivity contribution in [2.45, 2.75) is 10.4 Å². The first-order valence-electron chi connectivity index (χ1n) is 6.39. The molecule has 0 aliphatic heterocycles. The Balaban J connectivity index is 1.61. The fourth-order valence-electron chi connectivity index (χ4n) is 1.97. The molecule has 4 rings (SSSR count). The highest BCUT2D eigenvalue weighted by Crippen LogP contribution is 2.27. The smallest absolute Gasteiger partial charge is 0.264 e. The van der Waals surface area contributed by atoms with Crippen LogP contribution in [0.3, 0.4) is 0 Å². The van der Waals surface area contributed by atoms with Crippen LogP contribution in [0.5, 0.6) is 0 Å². The van der Waals surface area contributed by atoms with Crippen LogP contribution in [-0.2, 0) is 0 Å². The van der Waals surface area contributed by atoms with E-state index in [1.54, 1.807) is 11.0 Å². The monoisotopic (exact) mass is 294 g/mol. The summed E-state index contributed by atoms with van der Waals surface area (Å²) < 4.78 is 7.38. The highest BCUT2D eigenvalue weighted by atomic mass is 32.2. The van der Waals surface area contributed by atoms with Gasteiger partial charge in [0, 0.05) is 11.8 Å². The van der Waals surface area contributed by atoms with Crippen molar-refractivity contribution < 1.29 is 4.42 Å². The Morgan fingerprint density at radius 1 is 0.952 bits per heavy atom. The van der Waals surface area contributed by atoms with Gasteiger partial charge in [-0.1, -0.05) is 30.3 Å². The zero-order chi connectivity index (χ0) is 14.1. The Morgan fingerprint density at radius 2 is 1.76 bits per heavy atom. The summed E-state index contributed by atoms with van der Waals surface area (Å²) in [6.07, 6.45) is 1.68. The zero-order valence-electron chi connectivity index (χ0n) is 10.9. The largest absolute Gasteiger partial charge is 0.431 e. The molecule has 0 N–H and O–H groups in total. The Kier molecular flexibility index (Phi) is 2.93. The number of hydrogen-bond donors (Lipinski definition) is 0. The van der Waals surface area contributed by atoms with Crippen molar-refractivity contribution in [2.24, 2.45) is 0 Å². The Morgan fingerprint density at radius 3 is 2.62 bits per heavy atom. The molecule has 0 aliphatic rings. The van der Waals surface area contributed by atoms with E-state index in [-0.39, 0.29) is 0 Å². The highest BCUT2D eigenvalue weighted by molar-refractivity contribution is 7.98. The topological polar surface area (TPSA) is 56.7 Å². The predicted octanol–water partition coefficient (Wildman–Crippen LogP) is 3.56. The molecule has 0 bridgehead atoms. The minimum absolute atomic E-state index is 0.544. The van der Waals surface area contributed by atoms with Crippen molar-refractivity contribution in [1.29, 1.82) is 0 Å². The summed E-state index contributed by atoms with van der Waals surface area (Å²) >= 11 is 1.31. The van der Waals surface area contributed by atoms with Crippen LogP contribution in [0.25, 0.3) is 16.8 Å². The molecule has 4 aromatic rings. The summed E-state index contributed by atoms with van der Waals surface area (Å²) in [7, 11) is 0. The van der Waals surface area contributed by atoms with Gasteiger partial charge in [-0.15, -0.1) is 5.10 Å². The molecule has 5 nitrogen and oxygen atoms in total. The van der Waals surface area contributed by atoms with E-state index in [0.717, 1.165) is 16.8 Å². The minimum atomic E-state index is 0.544. The number of rotatable bonds is 3. The van der Waals surface area contributed by atoms with E-state index in [1.807, 2.05) is 54.6 Å². The van der Waals surface area contributed by atoms with Gasteiger partial charge < -0.3 is 4.42 Å². The molecule has 102 valence electrons. The molecule has 0 unspecified atom stereocenters. The van der Waals surface area contributed by atoms with Crippen LogP contribution in [-0.4, -0.2) is 19.7 Å². The number of para-hydroxylation sites is 3. The quantitative estimate of drug-likeness (QED) is 0.578. The lowest BCUT2D eigenvalue weighted by Crippen LogP contribution is -1.93. The molecule has 0 saturated heterocycles. The van der Waals surface area contributed by atoms with E-state index in [9.17, 15) is 0 Å². The molecule has 0 atom stereocenters. The molecule has 21 heavy (non-hydrogen) atoms. The van der Waals surface area contributed by atoms with Gasteiger partial charge in [0.2, 0.25) is 5.16 Å². The van der Waals surface area contributed by atoms with Gasteiger partial charge in [-0.3, -0.25) is 0 Å². The predicted molar refractivity (Wildman–Crippen MR) is 79.5 cm³/mol. The van der Waals surface area contributed by atoms with Gasteiger partial charge in [-0.25, -0.2) is 14.6 Å². The maximum Gasteiger partial charge on any atom is 0.264 e. The first-order valence-corrected chi connectivity index (χ1v) is 7.21. The maximum atomic E-state index is 5.65. The van der Waals surface area contributed by atoms with E-state index < -0.39 is 0 Å². The van der Waals surface area contributed by atoms with Crippen LogP contribution < -0.4 is 0 Å². The molecular weight excluding hydrogens is 284 g/mol. The van der Waals surface area contributed by atoms with Crippen molar-refractivity contribution >= 4 is 22.9 Å². The first-order chi connectivity index (χ1) is 10.4. The summed E-state index contributed by atoms with van der Waals surface area (Å²) in [6.45, 7) is 0. The molecule has 2 aromatic heterocycles. The fourth-order valence-corrected chi connectivity index (χ4v) is 2.63. The van der Waals surface area contributed by atoms with E-state index in [4.69, 9.17) is 4.42 Å². The number of nitrogens with zero attached hydrogens (tertiary/aromatic N) is 4. The van der Waals surface area contributed by atoms with Gasteiger partial charge in [-0.05, 0) is 24.3 Å². The van der Waals surface area contributed by atoms with Crippen LogP contribution in [0.15, 0.2) is 75.7 Å². The van der Waals surface area contributed by atoms with Crippen molar-refractivity contribution in [2.75, 3.05) is 0 Å². The Hall–Kier alpha value is -2.60. The second kappa shape index (κ2) is 5.06. The number of oxazole rings is 1. The van der Waals surface area contributed by atoms with Gasteiger partial charge in [0.05, 0.1) is 5.69 Å². The molecule has 2 heterocycles. The number of hydrogen-bond acceptors (Lipinski definition) is 5. The zero-order valence-corrected chi connectivity index (χ0v) is 11.7. The van der Waals surface area contributed by atoms with E-state index in [2.05, 4.69) is 15.1 Å². The van der Waals surface area contributed by atoms with Crippen molar-refractivity contribution in [3.05, 3.63) is 60.9 Å². The third-order valence-electron chi connectivity index (χ3n) is 2.94. The summed E-state index contributed by atoms with van der Waals surface area (Å²) in [5.41, 5.74) is 2.57.